The number of hydrogen-bond acceptors (Lipinski definition) is 3. The van der Waals surface area contributed by atoms with Crippen molar-refractivity contribution in [2.45, 2.75) is 26.9 Å². The fourth-order valence-electron chi connectivity index (χ4n) is 1.59. The summed E-state index contributed by atoms with van der Waals surface area (Å²) in [5.74, 6) is 1.96. The molecule has 1 N–H and O–H groups in total. The molecule has 3 nitrogen and oxygen atoms in total. The van der Waals surface area contributed by atoms with Gasteiger partial charge in [0.05, 0.1) is 12.5 Å². The molecule has 0 atom stereocenters. The van der Waals surface area contributed by atoms with E-state index >= 15 is 0 Å². The predicted octanol–water partition coefficient (Wildman–Crippen LogP) is 2.78. The first kappa shape index (κ1) is 10.1. The maximum absolute atomic E-state index is 5.44. The molecular formula is C12H15NO2. The van der Waals surface area contributed by atoms with Gasteiger partial charge in [-0.25, -0.2) is 0 Å². The van der Waals surface area contributed by atoms with Crippen LogP contribution in [0.4, 0.5) is 0 Å². The smallest absolute Gasteiger partial charge is 0.105 e. The van der Waals surface area contributed by atoms with E-state index in [2.05, 4.69) is 11.4 Å². The molecule has 3 heteroatoms. The van der Waals surface area contributed by atoms with Crippen molar-refractivity contribution in [2.24, 2.45) is 0 Å². The van der Waals surface area contributed by atoms with Crippen LogP contribution in [-0.4, -0.2) is 0 Å². The molecule has 80 valence electrons. The third-order valence-electron chi connectivity index (χ3n) is 2.37. The summed E-state index contributed by atoms with van der Waals surface area (Å²) in [4.78, 5) is 0. The van der Waals surface area contributed by atoms with Crippen LogP contribution in [0.2, 0.25) is 0 Å². The lowest BCUT2D eigenvalue weighted by molar-refractivity contribution is 0.499. The highest BCUT2D eigenvalue weighted by Gasteiger charge is 2.03. The highest BCUT2D eigenvalue weighted by atomic mass is 16.3. The fraction of sp³-hybridized carbons (Fsp3) is 0.333. The zero-order valence-corrected chi connectivity index (χ0v) is 9.04. The first-order valence-electron chi connectivity index (χ1n) is 5.03. The number of aryl methyl sites for hydroxylation is 2. The second kappa shape index (κ2) is 4.36. The van der Waals surface area contributed by atoms with Crippen molar-refractivity contribution in [3.05, 3.63) is 47.3 Å². The predicted molar refractivity (Wildman–Crippen MR) is 57.4 cm³/mol. The highest BCUT2D eigenvalue weighted by Crippen LogP contribution is 2.13. The zero-order chi connectivity index (χ0) is 10.7. The SMILES string of the molecule is Cc1cc(CNCc2ccoc2)c(C)o1. The maximum atomic E-state index is 5.44. The second-order valence-electron chi connectivity index (χ2n) is 3.67. The lowest BCUT2D eigenvalue weighted by atomic mass is 10.2. The summed E-state index contributed by atoms with van der Waals surface area (Å²) in [6, 6.07) is 4.03. The van der Waals surface area contributed by atoms with Crippen molar-refractivity contribution < 1.29 is 8.83 Å². The van der Waals surface area contributed by atoms with Gasteiger partial charge in [0, 0.05) is 24.2 Å². The molecule has 2 rings (SSSR count). The molecule has 0 aliphatic heterocycles. The van der Waals surface area contributed by atoms with E-state index in [1.807, 2.05) is 19.9 Å². The largest absolute Gasteiger partial charge is 0.472 e. The molecule has 0 aliphatic carbocycles. The maximum Gasteiger partial charge on any atom is 0.105 e. The van der Waals surface area contributed by atoms with Crippen LogP contribution < -0.4 is 5.32 Å². The van der Waals surface area contributed by atoms with Gasteiger partial charge in [0.2, 0.25) is 0 Å². The molecule has 2 aromatic rings. The van der Waals surface area contributed by atoms with E-state index < -0.39 is 0 Å². The van der Waals surface area contributed by atoms with Gasteiger partial charge in [0.25, 0.3) is 0 Å². The standard InChI is InChI=1S/C12H15NO2/c1-9-5-12(10(2)15-9)7-13-6-11-3-4-14-8-11/h3-5,8,13H,6-7H2,1-2H3. The van der Waals surface area contributed by atoms with E-state index in [9.17, 15) is 0 Å². The van der Waals surface area contributed by atoms with Crippen LogP contribution in [0.3, 0.4) is 0 Å². The van der Waals surface area contributed by atoms with E-state index in [0.29, 0.717) is 0 Å². The average Bonchev–Trinajstić information content (AvgIpc) is 2.77. The lowest BCUT2D eigenvalue weighted by Gasteiger charge is -2.00. The summed E-state index contributed by atoms with van der Waals surface area (Å²) in [5, 5.41) is 3.34. The van der Waals surface area contributed by atoms with Crippen molar-refractivity contribution in [3.63, 3.8) is 0 Å². The summed E-state index contributed by atoms with van der Waals surface area (Å²) < 4.78 is 10.4. The summed E-state index contributed by atoms with van der Waals surface area (Å²) in [7, 11) is 0. The molecule has 15 heavy (non-hydrogen) atoms. The summed E-state index contributed by atoms with van der Waals surface area (Å²) in [5.41, 5.74) is 2.38. The Morgan fingerprint density at radius 3 is 2.73 bits per heavy atom. The molecule has 0 bridgehead atoms. The Morgan fingerprint density at radius 2 is 2.13 bits per heavy atom. The highest BCUT2D eigenvalue weighted by molar-refractivity contribution is 5.20. The number of nitrogens with one attached hydrogen (secondary N) is 1. The molecule has 0 fully saturated rings. The van der Waals surface area contributed by atoms with Gasteiger partial charge in [0.15, 0.2) is 0 Å². The minimum absolute atomic E-state index is 0.820. The molecule has 0 radical (unpaired) electrons. The Labute approximate surface area is 89.1 Å². The third kappa shape index (κ3) is 2.50. The monoisotopic (exact) mass is 205 g/mol. The molecule has 0 aliphatic rings. The Balaban J connectivity index is 1.86. The summed E-state index contributed by atoms with van der Waals surface area (Å²) in [6.07, 6.45) is 3.44. The van der Waals surface area contributed by atoms with Gasteiger partial charge in [-0.1, -0.05) is 0 Å². The Kier molecular flexibility index (Phi) is 2.92. The van der Waals surface area contributed by atoms with E-state index in [1.165, 1.54) is 5.56 Å². The first-order valence-corrected chi connectivity index (χ1v) is 5.03. The number of hydrogen-bond donors (Lipinski definition) is 1. The van der Waals surface area contributed by atoms with E-state index in [1.54, 1.807) is 12.5 Å². The zero-order valence-electron chi connectivity index (χ0n) is 9.04. The molecular weight excluding hydrogens is 190 g/mol. The van der Waals surface area contributed by atoms with Crippen LogP contribution in [0.5, 0.6) is 0 Å². The summed E-state index contributed by atoms with van der Waals surface area (Å²) in [6.45, 7) is 5.60. The van der Waals surface area contributed by atoms with Gasteiger partial charge in [0.1, 0.15) is 11.5 Å². The van der Waals surface area contributed by atoms with Crippen molar-refractivity contribution in [1.82, 2.24) is 5.32 Å². The second-order valence-corrected chi connectivity index (χ2v) is 3.67. The Hall–Kier alpha value is -1.48. The van der Waals surface area contributed by atoms with Crippen LogP contribution in [0.15, 0.2) is 33.5 Å². The summed E-state index contributed by atoms with van der Waals surface area (Å²) >= 11 is 0. The molecule has 2 heterocycles. The molecule has 0 spiro atoms. The van der Waals surface area contributed by atoms with Crippen molar-refractivity contribution in [3.8, 4) is 0 Å². The quantitative estimate of drug-likeness (QED) is 0.834. The fourth-order valence-corrected chi connectivity index (χ4v) is 1.59. The van der Waals surface area contributed by atoms with Crippen molar-refractivity contribution in [1.29, 1.82) is 0 Å². The van der Waals surface area contributed by atoms with Gasteiger partial charge in [-0.05, 0) is 26.0 Å². The molecule has 0 aromatic carbocycles. The molecule has 0 saturated heterocycles. The number of furan rings is 2. The van der Waals surface area contributed by atoms with E-state index in [0.717, 1.165) is 30.2 Å². The van der Waals surface area contributed by atoms with Crippen LogP contribution in [0, 0.1) is 13.8 Å². The van der Waals surface area contributed by atoms with Gasteiger partial charge in [-0.2, -0.15) is 0 Å². The Bertz CT molecular complexity index is 415. The average molecular weight is 205 g/mol. The van der Waals surface area contributed by atoms with Crippen LogP contribution >= 0.6 is 0 Å². The topological polar surface area (TPSA) is 38.3 Å². The van der Waals surface area contributed by atoms with Gasteiger partial charge in [-0.3, -0.25) is 0 Å². The third-order valence-corrected chi connectivity index (χ3v) is 2.37. The van der Waals surface area contributed by atoms with E-state index in [-0.39, 0.29) is 0 Å². The van der Waals surface area contributed by atoms with Crippen molar-refractivity contribution >= 4 is 0 Å². The lowest BCUT2D eigenvalue weighted by Crippen LogP contribution is -2.12. The minimum Gasteiger partial charge on any atom is -0.472 e. The van der Waals surface area contributed by atoms with Gasteiger partial charge in [-0.15, -0.1) is 0 Å². The minimum atomic E-state index is 0.820. The first-order chi connectivity index (χ1) is 7.25. The Morgan fingerprint density at radius 1 is 1.27 bits per heavy atom. The molecule has 0 amide bonds. The van der Waals surface area contributed by atoms with Gasteiger partial charge < -0.3 is 14.2 Å². The molecule has 0 unspecified atom stereocenters. The molecule has 2 aromatic heterocycles. The van der Waals surface area contributed by atoms with E-state index in [4.69, 9.17) is 8.83 Å². The van der Waals surface area contributed by atoms with Crippen molar-refractivity contribution in [2.75, 3.05) is 0 Å². The molecule has 0 saturated carbocycles. The van der Waals surface area contributed by atoms with Crippen LogP contribution in [0.25, 0.3) is 0 Å². The van der Waals surface area contributed by atoms with Crippen LogP contribution in [0.1, 0.15) is 22.6 Å². The van der Waals surface area contributed by atoms with Gasteiger partial charge >= 0.3 is 0 Å². The normalized spacial score (nSPS) is 10.8. The number of rotatable bonds is 4. The van der Waals surface area contributed by atoms with Crippen LogP contribution in [-0.2, 0) is 13.1 Å².